The topological polar surface area (TPSA) is 228 Å². The van der Waals surface area contributed by atoms with E-state index >= 15 is 0 Å². The zero-order chi connectivity index (χ0) is 63.8. The van der Waals surface area contributed by atoms with Crippen LogP contribution in [0.1, 0.15) is 258 Å². The summed E-state index contributed by atoms with van der Waals surface area (Å²) in [5, 5.41) is 87.5. The van der Waals surface area contributed by atoms with Crippen LogP contribution in [-0.4, -0.2) is 140 Å². The van der Waals surface area contributed by atoms with E-state index in [2.05, 4.69) is 129 Å². The molecule has 506 valence electrons. The summed E-state index contributed by atoms with van der Waals surface area (Å²) in [5.41, 5.74) is 0. The second-order valence-corrected chi connectivity index (χ2v) is 24.3. The standard InChI is InChI=1S/C74H127NO13/c1-3-5-7-9-11-13-15-17-19-20-21-22-23-24-25-26-27-28-29-30-31-32-33-34-35-36-37-38-39-40-41-42-44-46-48-50-52-54-56-58-66(79)75-62(63(78)57-55-53-51-49-47-45-43-18-16-14-12-10-8-6-4-2)61-85-73-71(84)69(82)72(65(60-77)87-73)88-74-70(83)68(81)67(80)64(59-76)86-74/h5,7,11,13,17,19,21-22,24-25,27-28,30-31,33-34,36-37,62-65,67-74,76-78,80-84H,3-4,6,8-10,12,14-16,18,20,23,26,29,32,35,38-61H2,1-2H3,(H,75,79)/b7-5-,13-11-,19-17-,22-21-,25-24-,28-27-,31-30-,34-33-,37-36-. The summed E-state index contributed by atoms with van der Waals surface area (Å²) >= 11 is 0. The SMILES string of the molecule is CC/C=C\C/C=C\C/C=C\C/C=C\C/C=C\C/C=C\C/C=C\C/C=C\C/C=C\CCCCCCCCCCCCCC(=O)NC(COC1OC(CO)C(OC2OC(CO)C(O)C(O)C2O)C(O)C1O)C(O)CCCCCCCCCCCCCCCCC. The van der Waals surface area contributed by atoms with E-state index in [1.807, 2.05) is 0 Å². The average molecular weight is 1240 g/mol. The van der Waals surface area contributed by atoms with Gasteiger partial charge in [-0.1, -0.05) is 277 Å². The lowest BCUT2D eigenvalue weighted by atomic mass is 9.97. The van der Waals surface area contributed by atoms with Crippen molar-refractivity contribution in [2.24, 2.45) is 0 Å². The number of carbonyl (C=O) groups excluding carboxylic acids is 1. The van der Waals surface area contributed by atoms with Crippen molar-refractivity contribution in [3.63, 3.8) is 0 Å². The number of allylic oxidation sites excluding steroid dienone is 18. The highest BCUT2D eigenvalue weighted by molar-refractivity contribution is 5.76. The van der Waals surface area contributed by atoms with Crippen LogP contribution in [0.15, 0.2) is 109 Å². The number of nitrogens with one attached hydrogen (secondary N) is 1. The Kier molecular flexibility index (Phi) is 52.8. The third kappa shape index (κ3) is 41.2. The fraction of sp³-hybridized carbons (Fsp3) is 0.743. The van der Waals surface area contributed by atoms with Crippen LogP contribution in [0.25, 0.3) is 0 Å². The van der Waals surface area contributed by atoms with Crippen LogP contribution in [-0.2, 0) is 23.7 Å². The van der Waals surface area contributed by atoms with Crippen molar-refractivity contribution in [1.82, 2.24) is 5.32 Å². The molecular weight excluding hydrogens is 1110 g/mol. The number of amides is 1. The molecule has 0 bridgehead atoms. The number of rotatable bonds is 56. The van der Waals surface area contributed by atoms with Gasteiger partial charge < -0.3 is 65.1 Å². The van der Waals surface area contributed by atoms with Crippen molar-refractivity contribution in [2.75, 3.05) is 19.8 Å². The fourth-order valence-corrected chi connectivity index (χ4v) is 10.9. The molecule has 9 N–H and O–H groups in total. The van der Waals surface area contributed by atoms with Gasteiger partial charge in [0.25, 0.3) is 0 Å². The van der Waals surface area contributed by atoms with Gasteiger partial charge in [0, 0.05) is 6.42 Å². The molecule has 12 atom stereocenters. The summed E-state index contributed by atoms with van der Waals surface area (Å²) in [6.07, 6.45) is 65.3. The molecule has 2 aliphatic rings. The molecule has 2 rings (SSSR count). The van der Waals surface area contributed by atoms with Crippen molar-refractivity contribution in [2.45, 2.75) is 331 Å². The van der Waals surface area contributed by atoms with Crippen molar-refractivity contribution in [3.05, 3.63) is 109 Å². The van der Waals surface area contributed by atoms with E-state index in [0.29, 0.717) is 19.3 Å². The van der Waals surface area contributed by atoms with Gasteiger partial charge in [0.1, 0.15) is 48.8 Å². The minimum Gasteiger partial charge on any atom is -0.394 e. The van der Waals surface area contributed by atoms with Gasteiger partial charge in [0.15, 0.2) is 12.6 Å². The molecule has 12 unspecified atom stereocenters. The maximum atomic E-state index is 13.3. The fourth-order valence-electron chi connectivity index (χ4n) is 10.9. The van der Waals surface area contributed by atoms with Crippen molar-refractivity contribution in [3.8, 4) is 0 Å². The van der Waals surface area contributed by atoms with Crippen LogP contribution in [0.4, 0.5) is 0 Å². The lowest BCUT2D eigenvalue weighted by molar-refractivity contribution is -0.359. The first kappa shape index (κ1) is 80.7. The van der Waals surface area contributed by atoms with Gasteiger partial charge in [-0.05, 0) is 83.5 Å². The number of aliphatic hydroxyl groups is 8. The molecule has 0 aromatic rings. The maximum Gasteiger partial charge on any atom is 0.220 e. The van der Waals surface area contributed by atoms with Crippen LogP contribution in [0, 0.1) is 0 Å². The van der Waals surface area contributed by atoms with Crippen LogP contribution in [0.5, 0.6) is 0 Å². The number of aliphatic hydroxyl groups excluding tert-OH is 8. The van der Waals surface area contributed by atoms with Gasteiger partial charge in [-0.2, -0.15) is 0 Å². The molecule has 2 fully saturated rings. The number of hydrogen-bond donors (Lipinski definition) is 9. The molecule has 2 saturated heterocycles. The number of hydrogen-bond acceptors (Lipinski definition) is 13. The summed E-state index contributed by atoms with van der Waals surface area (Å²) in [5.74, 6) is -0.213. The van der Waals surface area contributed by atoms with Crippen molar-refractivity contribution in [1.29, 1.82) is 0 Å². The van der Waals surface area contributed by atoms with E-state index in [9.17, 15) is 45.6 Å². The highest BCUT2D eigenvalue weighted by Gasteiger charge is 2.51. The smallest absolute Gasteiger partial charge is 0.220 e. The average Bonchev–Trinajstić information content (AvgIpc) is 2.99. The minimum absolute atomic E-state index is 0.213. The van der Waals surface area contributed by atoms with Crippen LogP contribution in [0.3, 0.4) is 0 Å². The zero-order valence-electron chi connectivity index (χ0n) is 54.9. The van der Waals surface area contributed by atoms with E-state index in [0.717, 1.165) is 109 Å². The molecule has 0 saturated carbocycles. The maximum absolute atomic E-state index is 13.3. The van der Waals surface area contributed by atoms with E-state index in [1.54, 1.807) is 0 Å². The van der Waals surface area contributed by atoms with Gasteiger partial charge in [0.2, 0.25) is 5.91 Å². The molecule has 0 aliphatic carbocycles. The quantitative estimate of drug-likeness (QED) is 0.0204. The van der Waals surface area contributed by atoms with E-state index in [1.165, 1.54) is 116 Å². The molecule has 0 aromatic carbocycles. The first-order valence-corrected chi connectivity index (χ1v) is 35.1. The zero-order valence-corrected chi connectivity index (χ0v) is 54.9. The Morgan fingerprint density at radius 1 is 0.420 bits per heavy atom. The van der Waals surface area contributed by atoms with Gasteiger partial charge in [0.05, 0.1) is 32.0 Å². The third-order valence-corrected chi connectivity index (χ3v) is 16.5. The van der Waals surface area contributed by atoms with Gasteiger partial charge in [-0.3, -0.25) is 4.79 Å². The molecule has 14 nitrogen and oxygen atoms in total. The van der Waals surface area contributed by atoms with Crippen LogP contribution in [0.2, 0.25) is 0 Å². The minimum atomic E-state index is -1.79. The Bertz CT molecular complexity index is 1890. The Balaban J connectivity index is 1.61. The molecular formula is C74H127NO13. The van der Waals surface area contributed by atoms with Gasteiger partial charge in [-0.15, -0.1) is 0 Å². The highest BCUT2D eigenvalue weighted by atomic mass is 16.7. The first-order valence-electron chi connectivity index (χ1n) is 35.1. The largest absolute Gasteiger partial charge is 0.394 e. The summed E-state index contributed by atoms with van der Waals surface area (Å²) in [6, 6.07) is -0.837. The van der Waals surface area contributed by atoms with Crippen molar-refractivity contribution >= 4 is 5.91 Å². The highest BCUT2D eigenvalue weighted by Crippen LogP contribution is 2.30. The molecule has 1 amide bonds. The Labute approximate surface area is 534 Å². The number of ether oxygens (including phenoxy) is 4. The molecule has 14 heteroatoms. The Morgan fingerprint density at radius 3 is 1.20 bits per heavy atom. The normalized spacial score (nSPS) is 23.8. The van der Waals surface area contributed by atoms with E-state index in [-0.39, 0.29) is 12.5 Å². The summed E-state index contributed by atoms with van der Waals surface area (Å²) in [4.78, 5) is 13.3. The lowest BCUT2D eigenvalue weighted by Crippen LogP contribution is -2.65. The van der Waals surface area contributed by atoms with Crippen LogP contribution < -0.4 is 5.32 Å². The molecule has 2 heterocycles. The molecule has 0 aromatic heterocycles. The number of carbonyl (C=O) groups is 1. The van der Waals surface area contributed by atoms with Crippen LogP contribution >= 0.6 is 0 Å². The van der Waals surface area contributed by atoms with Gasteiger partial charge in [-0.25, -0.2) is 0 Å². The number of unbranched alkanes of at least 4 members (excludes halogenated alkanes) is 25. The first-order chi connectivity index (χ1) is 43.1. The van der Waals surface area contributed by atoms with E-state index in [4.69, 9.17) is 18.9 Å². The molecule has 88 heavy (non-hydrogen) atoms. The third-order valence-electron chi connectivity index (χ3n) is 16.5. The summed E-state index contributed by atoms with van der Waals surface area (Å²) < 4.78 is 22.9. The molecule has 0 radical (unpaired) electrons. The lowest BCUT2D eigenvalue weighted by Gasteiger charge is -2.46. The summed E-state index contributed by atoms with van der Waals surface area (Å²) in [6.45, 7) is 2.75. The summed E-state index contributed by atoms with van der Waals surface area (Å²) in [7, 11) is 0. The Hall–Kier alpha value is -3.35. The predicted octanol–water partition coefficient (Wildman–Crippen LogP) is 14.3. The predicted molar refractivity (Wildman–Crippen MR) is 359 cm³/mol. The molecule has 2 aliphatic heterocycles. The molecule has 0 spiro atoms. The second kappa shape index (κ2) is 57.5. The monoisotopic (exact) mass is 1240 g/mol. The van der Waals surface area contributed by atoms with E-state index < -0.39 is 86.8 Å². The Morgan fingerprint density at radius 2 is 0.784 bits per heavy atom. The van der Waals surface area contributed by atoms with Gasteiger partial charge >= 0.3 is 0 Å². The second-order valence-electron chi connectivity index (χ2n) is 24.3. The van der Waals surface area contributed by atoms with Crippen molar-refractivity contribution < 1.29 is 64.6 Å².